The van der Waals surface area contributed by atoms with E-state index in [0.29, 0.717) is 27.9 Å². The molecule has 4 rings (SSSR count). The Morgan fingerprint density at radius 2 is 1.62 bits per heavy atom. The summed E-state index contributed by atoms with van der Waals surface area (Å²) in [5.41, 5.74) is 2.40. The SMILES string of the molecule is Cn1c(SCC(=O)Nc2ccccc2C(=O)Nc2ccccc2)nnc1-c1ccncc1. The fraction of sp³-hybridized carbons (Fsp3) is 0.0870. The van der Waals surface area contributed by atoms with Crippen molar-refractivity contribution in [1.82, 2.24) is 19.7 Å². The lowest BCUT2D eigenvalue weighted by Crippen LogP contribution is -2.19. The Hall–Kier alpha value is -3.98. The largest absolute Gasteiger partial charge is 0.325 e. The number of benzene rings is 2. The molecule has 2 amide bonds. The summed E-state index contributed by atoms with van der Waals surface area (Å²) in [5.74, 6) is 0.272. The van der Waals surface area contributed by atoms with Crippen LogP contribution in [-0.4, -0.2) is 37.3 Å². The van der Waals surface area contributed by atoms with E-state index >= 15 is 0 Å². The number of carbonyl (C=O) groups excluding carboxylic acids is 2. The summed E-state index contributed by atoms with van der Waals surface area (Å²) in [5, 5.41) is 14.6. The van der Waals surface area contributed by atoms with Gasteiger partial charge in [-0.1, -0.05) is 42.1 Å². The molecule has 2 aromatic heterocycles. The number of anilines is 2. The second-order valence-corrected chi connectivity index (χ2v) is 7.75. The molecule has 32 heavy (non-hydrogen) atoms. The van der Waals surface area contributed by atoms with Gasteiger partial charge in [0.15, 0.2) is 11.0 Å². The van der Waals surface area contributed by atoms with Gasteiger partial charge < -0.3 is 15.2 Å². The number of rotatable bonds is 7. The highest BCUT2D eigenvalue weighted by molar-refractivity contribution is 7.99. The molecule has 0 saturated carbocycles. The van der Waals surface area contributed by atoms with Gasteiger partial charge >= 0.3 is 0 Å². The summed E-state index contributed by atoms with van der Waals surface area (Å²) in [4.78, 5) is 29.3. The number of nitrogens with one attached hydrogen (secondary N) is 2. The maximum absolute atomic E-state index is 12.7. The predicted octanol–water partition coefficient (Wildman–Crippen LogP) is 3.86. The van der Waals surface area contributed by atoms with Gasteiger partial charge in [0.2, 0.25) is 5.91 Å². The van der Waals surface area contributed by atoms with Gasteiger partial charge in [-0.2, -0.15) is 0 Å². The van der Waals surface area contributed by atoms with E-state index in [0.717, 1.165) is 5.56 Å². The van der Waals surface area contributed by atoms with E-state index in [-0.39, 0.29) is 17.6 Å². The number of amides is 2. The normalized spacial score (nSPS) is 10.5. The molecule has 2 N–H and O–H groups in total. The molecule has 2 heterocycles. The van der Waals surface area contributed by atoms with Gasteiger partial charge in [0.05, 0.1) is 17.0 Å². The molecule has 0 aliphatic heterocycles. The van der Waals surface area contributed by atoms with Crippen LogP contribution >= 0.6 is 11.8 Å². The van der Waals surface area contributed by atoms with E-state index in [1.165, 1.54) is 11.8 Å². The Morgan fingerprint density at radius 3 is 2.41 bits per heavy atom. The summed E-state index contributed by atoms with van der Waals surface area (Å²) in [7, 11) is 1.85. The van der Waals surface area contributed by atoms with Crippen molar-refractivity contribution in [3.05, 3.63) is 84.7 Å². The fourth-order valence-corrected chi connectivity index (χ4v) is 3.73. The summed E-state index contributed by atoms with van der Waals surface area (Å²) in [6.07, 6.45) is 3.38. The number of para-hydroxylation sites is 2. The number of hydrogen-bond donors (Lipinski definition) is 2. The minimum absolute atomic E-state index is 0.122. The Morgan fingerprint density at radius 1 is 0.906 bits per heavy atom. The van der Waals surface area contributed by atoms with Crippen molar-refractivity contribution in [3.63, 3.8) is 0 Å². The number of nitrogens with zero attached hydrogens (tertiary/aromatic N) is 4. The maximum atomic E-state index is 12.7. The first-order chi connectivity index (χ1) is 15.6. The zero-order valence-electron chi connectivity index (χ0n) is 17.2. The van der Waals surface area contributed by atoms with Gasteiger partial charge in [0.25, 0.3) is 5.91 Å². The highest BCUT2D eigenvalue weighted by Gasteiger charge is 2.16. The van der Waals surface area contributed by atoms with Gasteiger partial charge in [-0.3, -0.25) is 14.6 Å². The van der Waals surface area contributed by atoms with E-state index in [9.17, 15) is 9.59 Å². The Kier molecular flexibility index (Phi) is 6.57. The minimum atomic E-state index is -0.296. The maximum Gasteiger partial charge on any atom is 0.257 e. The molecular weight excluding hydrogens is 424 g/mol. The van der Waals surface area contributed by atoms with Crippen LogP contribution in [0, 0.1) is 0 Å². The fourth-order valence-electron chi connectivity index (χ4n) is 3.02. The van der Waals surface area contributed by atoms with Crippen LogP contribution in [0.3, 0.4) is 0 Å². The summed E-state index contributed by atoms with van der Waals surface area (Å²) in [6.45, 7) is 0. The lowest BCUT2D eigenvalue weighted by Gasteiger charge is -2.11. The molecule has 0 unspecified atom stereocenters. The molecule has 0 bridgehead atoms. The van der Waals surface area contributed by atoms with E-state index in [1.54, 1.807) is 48.8 Å². The Bertz CT molecular complexity index is 1230. The van der Waals surface area contributed by atoms with Crippen LogP contribution in [-0.2, 0) is 11.8 Å². The third-order valence-electron chi connectivity index (χ3n) is 4.58. The average molecular weight is 445 g/mol. The lowest BCUT2D eigenvalue weighted by atomic mass is 10.1. The van der Waals surface area contributed by atoms with Crippen LogP contribution in [0.1, 0.15) is 10.4 Å². The Labute approximate surface area is 189 Å². The number of hydrogen-bond acceptors (Lipinski definition) is 6. The van der Waals surface area contributed by atoms with E-state index in [4.69, 9.17) is 0 Å². The van der Waals surface area contributed by atoms with Gasteiger partial charge in [-0.25, -0.2) is 0 Å². The molecule has 0 spiro atoms. The summed E-state index contributed by atoms with van der Waals surface area (Å²) < 4.78 is 1.83. The van der Waals surface area contributed by atoms with Gasteiger partial charge in [0.1, 0.15) is 0 Å². The third-order valence-corrected chi connectivity index (χ3v) is 5.60. The highest BCUT2D eigenvalue weighted by atomic mass is 32.2. The zero-order chi connectivity index (χ0) is 22.3. The summed E-state index contributed by atoms with van der Waals surface area (Å²) in [6, 6.07) is 19.8. The molecule has 0 saturated heterocycles. The average Bonchev–Trinajstić information content (AvgIpc) is 3.19. The molecule has 0 atom stereocenters. The molecule has 8 nitrogen and oxygen atoms in total. The number of aromatic nitrogens is 4. The van der Waals surface area contributed by atoms with Crippen LogP contribution < -0.4 is 10.6 Å². The quantitative estimate of drug-likeness (QED) is 0.420. The van der Waals surface area contributed by atoms with Crippen LogP contribution in [0.5, 0.6) is 0 Å². The van der Waals surface area contributed by atoms with Crippen molar-refractivity contribution in [2.45, 2.75) is 5.16 Å². The molecule has 2 aromatic carbocycles. The van der Waals surface area contributed by atoms with Crippen LogP contribution in [0.2, 0.25) is 0 Å². The zero-order valence-corrected chi connectivity index (χ0v) is 18.0. The first-order valence-electron chi connectivity index (χ1n) is 9.79. The van der Waals surface area contributed by atoms with Crippen molar-refractivity contribution in [1.29, 1.82) is 0 Å². The molecule has 0 radical (unpaired) electrons. The third kappa shape index (κ3) is 5.01. The lowest BCUT2D eigenvalue weighted by molar-refractivity contribution is -0.113. The van der Waals surface area contributed by atoms with Crippen molar-refractivity contribution in [2.75, 3.05) is 16.4 Å². The standard InChI is InChI=1S/C23H20N6O2S/c1-29-21(16-11-13-24-14-12-16)27-28-23(29)32-15-20(30)26-19-10-6-5-9-18(19)22(31)25-17-7-3-2-4-8-17/h2-14H,15H2,1H3,(H,25,31)(H,26,30). The van der Waals surface area contributed by atoms with Crippen LogP contribution in [0.15, 0.2) is 84.3 Å². The number of carbonyl (C=O) groups is 2. The second kappa shape index (κ2) is 9.88. The smallest absolute Gasteiger partial charge is 0.257 e. The van der Waals surface area contributed by atoms with Crippen molar-refractivity contribution < 1.29 is 9.59 Å². The molecule has 9 heteroatoms. The van der Waals surface area contributed by atoms with Crippen LogP contribution in [0.4, 0.5) is 11.4 Å². The predicted molar refractivity (Wildman–Crippen MR) is 124 cm³/mol. The highest BCUT2D eigenvalue weighted by Crippen LogP contribution is 2.23. The van der Waals surface area contributed by atoms with Gasteiger partial charge in [-0.15, -0.1) is 10.2 Å². The minimum Gasteiger partial charge on any atom is -0.325 e. The second-order valence-electron chi connectivity index (χ2n) is 6.80. The molecule has 0 aliphatic carbocycles. The van der Waals surface area contributed by atoms with E-state index in [2.05, 4.69) is 25.8 Å². The molecule has 0 fully saturated rings. The molecular formula is C23H20N6O2S. The van der Waals surface area contributed by atoms with Crippen molar-refractivity contribution in [2.24, 2.45) is 7.05 Å². The van der Waals surface area contributed by atoms with Crippen molar-refractivity contribution in [3.8, 4) is 11.4 Å². The molecule has 160 valence electrons. The number of thioether (sulfide) groups is 1. The first-order valence-corrected chi connectivity index (χ1v) is 10.8. The topological polar surface area (TPSA) is 102 Å². The van der Waals surface area contributed by atoms with E-state index in [1.807, 2.05) is 41.9 Å². The van der Waals surface area contributed by atoms with Crippen molar-refractivity contribution >= 4 is 35.0 Å². The Balaban J connectivity index is 1.40. The van der Waals surface area contributed by atoms with E-state index < -0.39 is 0 Å². The first kappa shape index (κ1) is 21.3. The summed E-state index contributed by atoms with van der Waals surface area (Å²) >= 11 is 1.27. The molecule has 0 aliphatic rings. The monoisotopic (exact) mass is 444 g/mol. The van der Waals surface area contributed by atoms with Gasteiger partial charge in [-0.05, 0) is 36.4 Å². The number of pyridine rings is 1. The van der Waals surface area contributed by atoms with Gasteiger partial charge in [0, 0.05) is 30.7 Å². The molecule has 4 aromatic rings. The van der Waals surface area contributed by atoms with Crippen LogP contribution in [0.25, 0.3) is 11.4 Å².